The second-order valence-corrected chi connectivity index (χ2v) is 10.3. The Morgan fingerprint density at radius 2 is 1.73 bits per heavy atom. The van der Waals surface area contributed by atoms with E-state index >= 15 is 0 Å². The smallest absolute Gasteiger partial charge is 0.229 e. The lowest BCUT2D eigenvalue weighted by molar-refractivity contribution is 0.0120. The molecule has 3 aromatic rings. The first kappa shape index (κ1) is 23.3. The molecule has 6 nitrogen and oxygen atoms in total. The average molecular weight is 467 g/mol. The largest absolute Gasteiger partial charge is 0.489 e. The van der Waals surface area contributed by atoms with Crippen LogP contribution in [0.5, 0.6) is 5.75 Å². The second-order valence-electron chi connectivity index (χ2n) is 8.50. The lowest BCUT2D eigenvalue weighted by Crippen LogP contribution is -2.21. The number of nitrogens with one attached hydrogen (secondary N) is 1. The monoisotopic (exact) mass is 466 g/mol. The minimum absolute atomic E-state index is 0.145. The van der Waals surface area contributed by atoms with Crippen molar-refractivity contribution < 1.29 is 17.9 Å². The van der Waals surface area contributed by atoms with Gasteiger partial charge in [-0.15, -0.1) is 0 Å². The Hall–Kier alpha value is -2.90. The molecule has 1 fully saturated rings. The highest BCUT2D eigenvalue weighted by atomic mass is 32.2. The lowest BCUT2D eigenvalue weighted by Gasteiger charge is -2.29. The molecule has 7 heteroatoms. The molecule has 0 unspecified atom stereocenters. The van der Waals surface area contributed by atoms with Crippen molar-refractivity contribution in [3.63, 3.8) is 0 Å². The minimum atomic E-state index is -3.36. The van der Waals surface area contributed by atoms with Crippen molar-refractivity contribution in [2.75, 3.05) is 11.0 Å². The Morgan fingerprint density at radius 1 is 0.939 bits per heavy atom. The highest BCUT2D eigenvalue weighted by molar-refractivity contribution is 7.92. The summed E-state index contributed by atoms with van der Waals surface area (Å²) in [4.78, 5) is 4.29. The van der Waals surface area contributed by atoms with E-state index in [4.69, 9.17) is 9.47 Å². The van der Waals surface area contributed by atoms with Crippen molar-refractivity contribution >= 4 is 15.7 Å². The number of benzene rings is 2. The van der Waals surface area contributed by atoms with Crippen molar-refractivity contribution in [3.05, 3.63) is 89.7 Å². The van der Waals surface area contributed by atoms with Gasteiger partial charge in [-0.1, -0.05) is 42.5 Å². The Bertz CT molecular complexity index is 1140. The number of nitrogens with zero attached hydrogens (tertiary/aromatic N) is 1. The van der Waals surface area contributed by atoms with Crippen LogP contribution in [-0.4, -0.2) is 25.8 Å². The van der Waals surface area contributed by atoms with E-state index in [-0.39, 0.29) is 12.7 Å². The molecule has 0 aliphatic heterocycles. The zero-order chi connectivity index (χ0) is 23.1. The Balaban J connectivity index is 1.28. The maximum absolute atomic E-state index is 11.6. The van der Waals surface area contributed by atoms with Crippen molar-refractivity contribution in [2.45, 2.75) is 50.9 Å². The van der Waals surface area contributed by atoms with E-state index in [0.717, 1.165) is 43.3 Å². The molecule has 2 aromatic carbocycles. The third kappa shape index (κ3) is 7.04. The molecule has 1 saturated carbocycles. The van der Waals surface area contributed by atoms with Crippen molar-refractivity contribution in [3.8, 4) is 5.75 Å². The van der Waals surface area contributed by atoms with Crippen LogP contribution >= 0.6 is 0 Å². The molecule has 0 atom stereocenters. The summed E-state index contributed by atoms with van der Waals surface area (Å²) in [5, 5.41) is 0. The third-order valence-electron chi connectivity index (χ3n) is 5.89. The lowest BCUT2D eigenvalue weighted by atomic mass is 9.82. The molecule has 1 aromatic heterocycles. The molecule has 0 radical (unpaired) electrons. The molecule has 1 N–H and O–H groups in total. The van der Waals surface area contributed by atoms with Gasteiger partial charge in [-0.05, 0) is 67.0 Å². The van der Waals surface area contributed by atoms with Gasteiger partial charge in [0.25, 0.3) is 0 Å². The molecule has 0 bridgehead atoms. The van der Waals surface area contributed by atoms with Gasteiger partial charge < -0.3 is 9.47 Å². The molecule has 0 amide bonds. The quantitative estimate of drug-likeness (QED) is 0.465. The van der Waals surface area contributed by atoms with Gasteiger partial charge in [-0.3, -0.25) is 9.71 Å². The van der Waals surface area contributed by atoms with Crippen LogP contribution in [-0.2, 0) is 28.0 Å². The van der Waals surface area contributed by atoms with E-state index in [1.807, 2.05) is 24.3 Å². The van der Waals surface area contributed by atoms with Crippen LogP contribution in [0.3, 0.4) is 0 Å². The zero-order valence-corrected chi connectivity index (χ0v) is 19.6. The molecule has 33 heavy (non-hydrogen) atoms. The molecular weight excluding hydrogens is 436 g/mol. The Morgan fingerprint density at radius 3 is 2.48 bits per heavy atom. The second kappa shape index (κ2) is 10.8. The maximum Gasteiger partial charge on any atom is 0.229 e. The third-order valence-corrected chi connectivity index (χ3v) is 6.48. The van der Waals surface area contributed by atoms with E-state index in [2.05, 4.69) is 40.0 Å². The first-order valence-electron chi connectivity index (χ1n) is 11.3. The Labute approximate surface area is 196 Å². The van der Waals surface area contributed by atoms with E-state index in [9.17, 15) is 8.42 Å². The molecule has 0 saturated heterocycles. The van der Waals surface area contributed by atoms with Crippen LogP contribution < -0.4 is 9.46 Å². The summed E-state index contributed by atoms with van der Waals surface area (Å²) in [6.07, 6.45) is 6.94. The summed E-state index contributed by atoms with van der Waals surface area (Å²) in [6.45, 7) is 0.853. The van der Waals surface area contributed by atoms with Crippen molar-refractivity contribution in [1.82, 2.24) is 4.98 Å². The molecule has 1 heterocycles. The van der Waals surface area contributed by atoms with Crippen molar-refractivity contribution in [2.24, 2.45) is 0 Å². The van der Waals surface area contributed by atoms with Gasteiger partial charge in [-0.25, -0.2) is 8.42 Å². The van der Waals surface area contributed by atoms with Crippen LogP contribution in [0, 0.1) is 0 Å². The fraction of sp³-hybridized carbons (Fsp3) is 0.346. The fourth-order valence-corrected chi connectivity index (χ4v) is 4.79. The van der Waals surface area contributed by atoms with Crippen molar-refractivity contribution in [1.29, 1.82) is 0 Å². The summed E-state index contributed by atoms with van der Waals surface area (Å²) >= 11 is 0. The fourth-order valence-electron chi connectivity index (χ4n) is 4.20. The van der Waals surface area contributed by atoms with Crippen LogP contribution in [0.25, 0.3) is 0 Å². The number of hydrogen-bond donors (Lipinski definition) is 1. The molecule has 1 aliphatic carbocycles. The number of hydrogen-bond acceptors (Lipinski definition) is 5. The minimum Gasteiger partial charge on any atom is -0.489 e. The average Bonchev–Trinajstić information content (AvgIpc) is 2.82. The first-order valence-corrected chi connectivity index (χ1v) is 13.2. The van der Waals surface area contributed by atoms with Gasteiger partial charge >= 0.3 is 0 Å². The summed E-state index contributed by atoms with van der Waals surface area (Å²) < 4.78 is 37.8. The summed E-state index contributed by atoms with van der Waals surface area (Å²) in [7, 11) is -3.36. The Kier molecular flexibility index (Phi) is 7.62. The van der Waals surface area contributed by atoms with Gasteiger partial charge in [0.1, 0.15) is 12.4 Å². The summed E-state index contributed by atoms with van der Waals surface area (Å²) in [6, 6.07) is 22.0. The van der Waals surface area contributed by atoms with E-state index in [1.165, 1.54) is 5.56 Å². The highest BCUT2D eigenvalue weighted by Crippen LogP contribution is 2.35. The molecule has 4 rings (SSSR count). The normalized spacial score (nSPS) is 18.6. The number of ether oxygens (including phenoxy) is 2. The van der Waals surface area contributed by atoms with Gasteiger partial charge in [-0.2, -0.15) is 0 Å². The standard InChI is InChI=1S/C26H30N2O4S/c1-33(29,30)28-25-11-6-16-27-26(25)19-32-23-14-12-21(13-15-23)22-9-5-10-24(17-22)31-18-20-7-3-2-4-8-20/h2-11,16-17,21,23,28H,12-15,18-19H2,1H3. The predicted octanol–water partition coefficient (Wildman–Crippen LogP) is 5.28. The van der Waals surface area contributed by atoms with Crippen LogP contribution in [0.2, 0.25) is 0 Å². The zero-order valence-electron chi connectivity index (χ0n) is 18.8. The van der Waals surface area contributed by atoms with Crippen LogP contribution in [0.1, 0.15) is 48.4 Å². The summed E-state index contributed by atoms with van der Waals surface area (Å²) in [5.74, 6) is 1.39. The van der Waals surface area contributed by atoms with Gasteiger partial charge in [0.2, 0.25) is 10.0 Å². The SMILES string of the molecule is CS(=O)(=O)Nc1cccnc1COC1CCC(c2cccc(OCc3ccccc3)c2)CC1. The molecule has 0 spiro atoms. The molecule has 174 valence electrons. The topological polar surface area (TPSA) is 77.5 Å². The first-order chi connectivity index (χ1) is 16.0. The van der Waals surface area contributed by atoms with Crippen LogP contribution in [0.4, 0.5) is 5.69 Å². The van der Waals surface area contributed by atoms with E-state index < -0.39 is 10.0 Å². The number of aromatic nitrogens is 1. The maximum atomic E-state index is 11.6. The number of anilines is 1. The van der Waals surface area contributed by atoms with E-state index in [1.54, 1.807) is 18.3 Å². The number of sulfonamides is 1. The predicted molar refractivity (Wildman–Crippen MR) is 130 cm³/mol. The van der Waals surface area contributed by atoms with Gasteiger partial charge in [0.15, 0.2) is 0 Å². The summed E-state index contributed by atoms with van der Waals surface area (Å²) in [5.41, 5.74) is 3.54. The van der Waals surface area contributed by atoms with Crippen LogP contribution in [0.15, 0.2) is 72.9 Å². The highest BCUT2D eigenvalue weighted by Gasteiger charge is 2.23. The van der Waals surface area contributed by atoms with Gasteiger partial charge in [0.05, 0.1) is 30.3 Å². The number of pyridine rings is 1. The molecular formula is C26H30N2O4S. The van der Waals surface area contributed by atoms with E-state index in [0.29, 0.717) is 23.9 Å². The van der Waals surface area contributed by atoms with Gasteiger partial charge in [0, 0.05) is 6.20 Å². The number of rotatable bonds is 9. The molecule has 1 aliphatic rings.